The third-order valence-electron chi connectivity index (χ3n) is 4.01. The van der Waals surface area contributed by atoms with Gasteiger partial charge in [-0.3, -0.25) is 4.79 Å². The Morgan fingerprint density at radius 2 is 1.15 bits per heavy atom. The lowest BCUT2D eigenvalue weighted by molar-refractivity contribution is 0.104. The van der Waals surface area contributed by atoms with Gasteiger partial charge in [0.2, 0.25) is 5.78 Å². The van der Waals surface area contributed by atoms with Crippen molar-refractivity contribution in [2.45, 2.75) is 0 Å². The van der Waals surface area contributed by atoms with Crippen LogP contribution in [0.2, 0.25) is 10.0 Å². The first-order valence-electron chi connectivity index (χ1n) is 7.85. The van der Waals surface area contributed by atoms with E-state index in [1.165, 1.54) is 22.7 Å². The fourth-order valence-corrected chi connectivity index (χ4v) is 5.01. The van der Waals surface area contributed by atoms with Crippen molar-refractivity contribution >= 4 is 51.7 Å². The summed E-state index contributed by atoms with van der Waals surface area (Å²) in [6, 6.07) is 19.1. The van der Waals surface area contributed by atoms with Crippen molar-refractivity contribution in [3.05, 3.63) is 91.2 Å². The molecule has 5 heteroatoms. The van der Waals surface area contributed by atoms with Crippen LogP contribution in [0.5, 0.6) is 0 Å². The summed E-state index contributed by atoms with van der Waals surface area (Å²) in [7, 11) is 0. The minimum absolute atomic E-state index is 0.0277. The van der Waals surface area contributed by atoms with Gasteiger partial charge in [0, 0.05) is 21.2 Å². The summed E-state index contributed by atoms with van der Waals surface area (Å²) in [5.41, 5.74) is 3.71. The summed E-state index contributed by atoms with van der Waals surface area (Å²) in [5, 5.41) is 5.19. The average molecular weight is 415 g/mol. The number of rotatable bonds is 4. The first-order valence-corrected chi connectivity index (χ1v) is 10.4. The highest BCUT2D eigenvalue weighted by Gasteiger charge is 2.21. The van der Waals surface area contributed by atoms with Gasteiger partial charge in [0.05, 0.1) is 9.75 Å². The zero-order valence-electron chi connectivity index (χ0n) is 13.4. The number of carbonyl (C=O) groups is 1. The Morgan fingerprint density at radius 1 is 0.692 bits per heavy atom. The quantitative estimate of drug-likeness (QED) is 0.312. The summed E-state index contributed by atoms with van der Waals surface area (Å²) >= 11 is 15.1. The largest absolute Gasteiger partial charge is 0.287 e. The smallest absolute Gasteiger partial charge is 0.214 e. The van der Waals surface area contributed by atoms with Crippen LogP contribution >= 0.6 is 45.9 Å². The zero-order chi connectivity index (χ0) is 18.1. The van der Waals surface area contributed by atoms with E-state index in [1.54, 1.807) is 0 Å². The number of ketones is 1. The lowest BCUT2D eigenvalue weighted by Crippen LogP contribution is -1.99. The van der Waals surface area contributed by atoms with Crippen molar-refractivity contribution < 1.29 is 4.79 Å². The van der Waals surface area contributed by atoms with E-state index in [1.807, 2.05) is 71.4 Å². The molecular weight excluding hydrogens is 403 g/mol. The van der Waals surface area contributed by atoms with E-state index in [4.69, 9.17) is 23.2 Å². The normalized spacial score (nSPS) is 10.8. The van der Waals surface area contributed by atoms with E-state index in [0.717, 1.165) is 32.0 Å². The summed E-state index contributed by atoms with van der Waals surface area (Å²) in [5.74, 6) is 0.0277. The second-order valence-corrected chi connectivity index (χ2v) is 8.38. The summed E-state index contributed by atoms with van der Waals surface area (Å²) in [4.78, 5) is 14.7. The lowest BCUT2D eigenvalue weighted by atomic mass is 10.0. The molecule has 0 saturated heterocycles. The maximum Gasteiger partial charge on any atom is 0.214 e. The van der Waals surface area contributed by atoms with E-state index < -0.39 is 0 Å². The van der Waals surface area contributed by atoms with Crippen molar-refractivity contribution in [2.75, 3.05) is 0 Å². The van der Waals surface area contributed by atoms with Gasteiger partial charge in [-0.25, -0.2) is 0 Å². The van der Waals surface area contributed by atoms with Crippen LogP contribution in [0, 0.1) is 0 Å². The van der Waals surface area contributed by atoms with Gasteiger partial charge < -0.3 is 0 Å². The second kappa shape index (κ2) is 7.37. The molecule has 0 aliphatic rings. The van der Waals surface area contributed by atoms with Crippen LogP contribution in [-0.2, 0) is 0 Å². The van der Waals surface area contributed by atoms with E-state index in [-0.39, 0.29) is 5.78 Å². The van der Waals surface area contributed by atoms with Gasteiger partial charge in [0.25, 0.3) is 0 Å². The maximum atomic E-state index is 13.3. The molecule has 0 atom stereocenters. The van der Waals surface area contributed by atoms with Crippen molar-refractivity contribution in [3.8, 4) is 22.3 Å². The van der Waals surface area contributed by atoms with Crippen molar-refractivity contribution in [1.29, 1.82) is 0 Å². The molecule has 2 aromatic heterocycles. The molecule has 0 unspecified atom stereocenters. The molecule has 0 radical (unpaired) electrons. The van der Waals surface area contributed by atoms with Gasteiger partial charge >= 0.3 is 0 Å². The topological polar surface area (TPSA) is 17.1 Å². The van der Waals surface area contributed by atoms with Gasteiger partial charge in [-0.15, -0.1) is 22.7 Å². The van der Waals surface area contributed by atoms with E-state index in [9.17, 15) is 4.79 Å². The zero-order valence-corrected chi connectivity index (χ0v) is 16.6. The average Bonchev–Trinajstić information content (AvgIpc) is 3.31. The standard InChI is InChI=1S/C21H12Cl2OS2/c22-15-5-1-3-13(11-15)17-7-9-25-20(17)19(24)21-18(8-10-26-21)14-4-2-6-16(23)12-14/h1-12H. The van der Waals surface area contributed by atoms with Crippen LogP contribution < -0.4 is 0 Å². The molecule has 0 aliphatic heterocycles. The lowest BCUT2D eigenvalue weighted by Gasteiger charge is -2.06. The van der Waals surface area contributed by atoms with Crippen LogP contribution in [-0.4, -0.2) is 5.78 Å². The third kappa shape index (κ3) is 3.36. The molecule has 2 heterocycles. The van der Waals surface area contributed by atoms with Gasteiger partial charge in [-0.05, 0) is 58.3 Å². The van der Waals surface area contributed by atoms with E-state index in [2.05, 4.69) is 0 Å². The molecule has 0 aliphatic carbocycles. The first kappa shape index (κ1) is 17.5. The highest BCUT2D eigenvalue weighted by molar-refractivity contribution is 7.16. The fourth-order valence-electron chi connectivity index (χ4n) is 2.84. The second-order valence-electron chi connectivity index (χ2n) is 5.68. The first-order chi connectivity index (χ1) is 12.6. The Kier molecular flexibility index (Phi) is 4.96. The van der Waals surface area contributed by atoms with Gasteiger partial charge in [0.15, 0.2) is 0 Å². The summed E-state index contributed by atoms with van der Waals surface area (Å²) in [6.07, 6.45) is 0. The Morgan fingerprint density at radius 3 is 1.58 bits per heavy atom. The summed E-state index contributed by atoms with van der Waals surface area (Å²) < 4.78 is 0. The molecule has 26 heavy (non-hydrogen) atoms. The maximum absolute atomic E-state index is 13.3. The Balaban J connectivity index is 1.78. The number of benzene rings is 2. The minimum Gasteiger partial charge on any atom is -0.287 e. The molecule has 128 valence electrons. The molecule has 1 nitrogen and oxygen atoms in total. The molecule has 0 N–H and O–H groups in total. The third-order valence-corrected chi connectivity index (χ3v) is 6.31. The summed E-state index contributed by atoms with van der Waals surface area (Å²) in [6.45, 7) is 0. The SMILES string of the molecule is O=C(c1sccc1-c1cccc(Cl)c1)c1sccc1-c1cccc(Cl)c1. The predicted octanol–water partition coefficient (Wildman–Crippen LogP) is 7.68. The molecule has 4 rings (SSSR count). The number of hydrogen-bond acceptors (Lipinski definition) is 3. The molecule has 4 aromatic rings. The van der Waals surface area contributed by atoms with Gasteiger partial charge in [-0.2, -0.15) is 0 Å². The molecule has 0 amide bonds. The predicted molar refractivity (Wildman–Crippen MR) is 113 cm³/mol. The molecular formula is C21H12Cl2OS2. The molecule has 0 bridgehead atoms. The van der Waals surface area contributed by atoms with Crippen LogP contribution in [0.15, 0.2) is 71.4 Å². The number of thiophene rings is 2. The van der Waals surface area contributed by atoms with Crippen LogP contribution in [0.1, 0.15) is 14.5 Å². The van der Waals surface area contributed by atoms with Crippen LogP contribution in [0.4, 0.5) is 0 Å². The number of halogens is 2. The van der Waals surface area contributed by atoms with E-state index in [0.29, 0.717) is 10.0 Å². The number of hydrogen-bond donors (Lipinski definition) is 0. The van der Waals surface area contributed by atoms with Gasteiger partial charge in [-0.1, -0.05) is 47.5 Å². The van der Waals surface area contributed by atoms with Crippen molar-refractivity contribution in [2.24, 2.45) is 0 Å². The van der Waals surface area contributed by atoms with Crippen molar-refractivity contribution in [3.63, 3.8) is 0 Å². The van der Waals surface area contributed by atoms with Gasteiger partial charge in [0.1, 0.15) is 0 Å². The van der Waals surface area contributed by atoms with Crippen LogP contribution in [0.25, 0.3) is 22.3 Å². The minimum atomic E-state index is 0.0277. The molecule has 0 fully saturated rings. The monoisotopic (exact) mass is 414 g/mol. The Hall–Kier alpha value is -1.91. The molecule has 0 spiro atoms. The number of carbonyl (C=O) groups excluding carboxylic acids is 1. The Labute approximate surface area is 169 Å². The molecule has 0 saturated carbocycles. The van der Waals surface area contributed by atoms with Crippen LogP contribution in [0.3, 0.4) is 0 Å². The Bertz CT molecular complexity index is 1010. The van der Waals surface area contributed by atoms with E-state index >= 15 is 0 Å². The molecule has 2 aromatic carbocycles. The van der Waals surface area contributed by atoms with Crippen molar-refractivity contribution in [1.82, 2.24) is 0 Å². The fraction of sp³-hybridized carbons (Fsp3) is 0. The highest BCUT2D eigenvalue weighted by Crippen LogP contribution is 2.36. The highest BCUT2D eigenvalue weighted by atomic mass is 35.5.